The Bertz CT molecular complexity index is 766. The SMILES string of the molecule is NC(c1ccc(F)cc1F)c1cccc2cnccc12. The summed E-state index contributed by atoms with van der Waals surface area (Å²) in [5.41, 5.74) is 7.21. The van der Waals surface area contributed by atoms with Gasteiger partial charge in [-0.15, -0.1) is 0 Å². The Kier molecular flexibility index (Phi) is 3.16. The average molecular weight is 270 g/mol. The molecule has 3 aromatic rings. The van der Waals surface area contributed by atoms with Crippen molar-refractivity contribution in [3.63, 3.8) is 0 Å². The van der Waals surface area contributed by atoms with Crippen molar-refractivity contribution in [2.24, 2.45) is 5.73 Å². The molecule has 0 spiro atoms. The van der Waals surface area contributed by atoms with Crippen LogP contribution in [0.1, 0.15) is 17.2 Å². The van der Waals surface area contributed by atoms with Crippen LogP contribution in [0.15, 0.2) is 54.9 Å². The second-order valence-electron chi connectivity index (χ2n) is 4.59. The molecule has 0 saturated heterocycles. The Morgan fingerprint density at radius 3 is 2.65 bits per heavy atom. The van der Waals surface area contributed by atoms with E-state index < -0.39 is 17.7 Å². The van der Waals surface area contributed by atoms with Gasteiger partial charge in [-0.05, 0) is 23.1 Å². The Morgan fingerprint density at radius 2 is 1.85 bits per heavy atom. The highest BCUT2D eigenvalue weighted by atomic mass is 19.1. The van der Waals surface area contributed by atoms with Crippen LogP contribution in [0.2, 0.25) is 0 Å². The van der Waals surface area contributed by atoms with Gasteiger partial charge in [-0.3, -0.25) is 4.98 Å². The predicted molar refractivity (Wildman–Crippen MR) is 74.1 cm³/mol. The largest absolute Gasteiger partial charge is 0.320 e. The highest BCUT2D eigenvalue weighted by molar-refractivity contribution is 5.85. The quantitative estimate of drug-likeness (QED) is 0.773. The molecule has 4 heteroatoms. The normalized spacial score (nSPS) is 12.6. The number of hydrogen-bond acceptors (Lipinski definition) is 2. The minimum absolute atomic E-state index is 0.274. The van der Waals surface area contributed by atoms with Gasteiger partial charge >= 0.3 is 0 Å². The molecular weight excluding hydrogens is 258 g/mol. The molecule has 3 rings (SSSR count). The van der Waals surface area contributed by atoms with E-state index in [9.17, 15) is 8.78 Å². The number of fused-ring (bicyclic) bond motifs is 1. The number of aromatic nitrogens is 1. The van der Waals surface area contributed by atoms with Crippen molar-refractivity contribution < 1.29 is 8.78 Å². The fourth-order valence-corrected chi connectivity index (χ4v) is 2.34. The standard InChI is InChI=1S/C16H12F2N2/c17-11-4-5-14(15(18)8-11)16(19)13-3-1-2-10-9-20-7-6-12(10)13/h1-9,16H,19H2. The Morgan fingerprint density at radius 1 is 1.00 bits per heavy atom. The smallest absolute Gasteiger partial charge is 0.131 e. The van der Waals surface area contributed by atoms with Crippen LogP contribution in [0.25, 0.3) is 10.8 Å². The lowest BCUT2D eigenvalue weighted by molar-refractivity contribution is 0.566. The lowest BCUT2D eigenvalue weighted by Gasteiger charge is -2.15. The van der Waals surface area contributed by atoms with E-state index in [4.69, 9.17) is 5.73 Å². The number of nitrogens with zero attached hydrogens (tertiary/aromatic N) is 1. The summed E-state index contributed by atoms with van der Waals surface area (Å²) in [6.45, 7) is 0. The molecule has 0 aliphatic carbocycles. The molecule has 0 aliphatic rings. The molecule has 2 N–H and O–H groups in total. The van der Waals surface area contributed by atoms with Crippen molar-refractivity contribution >= 4 is 10.8 Å². The summed E-state index contributed by atoms with van der Waals surface area (Å²) in [7, 11) is 0. The van der Waals surface area contributed by atoms with Crippen LogP contribution < -0.4 is 5.73 Å². The van der Waals surface area contributed by atoms with Crippen LogP contribution >= 0.6 is 0 Å². The van der Waals surface area contributed by atoms with E-state index in [0.717, 1.165) is 22.4 Å². The first-order chi connectivity index (χ1) is 9.66. The number of nitrogens with two attached hydrogens (primary N) is 1. The van der Waals surface area contributed by atoms with Gasteiger partial charge in [0.25, 0.3) is 0 Å². The van der Waals surface area contributed by atoms with Gasteiger partial charge in [-0.25, -0.2) is 8.78 Å². The monoisotopic (exact) mass is 270 g/mol. The first kappa shape index (κ1) is 12.7. The van der Waals surface area contributed by atoms with E-state index in [0.29, 0.717) is 0 Å². The van der Waals surface area contributed by atoms with Crippen molar-refractivity contribution in [3.05, 3.63) is 77.6 Å². The third-order valence-electron chi connectivity index (χ3n) is 3.35. The first-order valence-corrected chi connectivity index (χ1v) is 6.20. The fraction of sp³-hybridized carbons (Fsp3) is 0.0625. The van der Waals surface area contributed by atoms with Crippen molar-refractivity contribution in [2.75, 3.05) is 0 Å². The summed E-state index contributed by atoms with van der Waals surface area (Å²) in [5, 5.41) is 1.85. The highest BCUT2D eigenvalue weighted by Crippen LogP contribution is 2.28. The fourth-order valence-electron chi connectivity index (χ4n) is 2.34. The third-order valence-corrected chi connectivity index (χ3v) is 3.35. The molecule has 0 aliphatic heterocycles. The summed E-state index contributed by atoms with van der Waals surface area (Å²) in [4.78, 5) is 4.05. The van der Waals surface area contributed by atoms with Gasteiger partial charge in [-0.1, -0.05) is 24.3 Å². The average Bonchev–Trinajstić information content (AvgIpc) is 2.46. The minimum Gasteiger partial charge on any atom is -0.320 e. The number of hydrogen-bond donors (Lipinski definition) is 1. The van der Waals surface area contributed by atoms with Crippen LogP contribution in [-0.2, 0) is 0 Å². The zero-order valence-corrected chi connectivity index (χ0v) is 10.6. The van der Waals surface area contributed by atoms with E-state index >= 15 is 0 Å². The van der Waals surface area contributed by atoms with Gasteiger partial charge in [0.15, 0.2) is 0 Å². The number of halogens is 2. The molecule has 1 atom stereocenters. The summed E-state index contributed by atoms with van der Waals surface area (Å²) >= 11 is 0. The van der Waals surface area contributed by atoms with Gasteiger partial charge in [0, 0.05) is 29.4 Å². The molecule has 2 nitrogen and oxygen atoms in total. The highest BCUT2D eigenvalue weighted by Gasteiger charge is 2.16. The molecule has 0 radical (unpaired) electrons. The topological polar surface area (TPSA) is 38.9 Å². The first-order valence-electron chi connectivity index (χ1n) is 6.20. The van der Waals surface area contributed by atoms with Gasteiger partial charge in [0.1, 0.15) is 11.6 Å². The van der Waals surface area contributed by atoms with Crippen molar-refractivity contribution in [3.8, 4) is 0 Å². The zero-order chi connectivity index (χ0) is 14.1. The second-order valence-corrected chi connectivity index (χ2v) is 4.59. The van der Waals surface area contributed by atoms with E-state index in [1.54, 1.807) is 12.4 Å². The Balaban J connectivity index is 2.15. The molecule has 1 unspecified atom stereocenters. The summed E-state index contributed by atoms with van der Waals surface area (Å²) < 4.78 is 26.8. The number of benzene rings is 2. The van der Waals surface area contributed by atoms with Crippen molar-refractivity contribution in [1.29, 1.82) is 0 Å². The Hall–Kier alpha value is -2.33. The predicted octanol–water partition coefficient (Wildman–Crippen LogP) is 3.56. The van der Waals surface area contributed by atoms with Gasteiger partial charge in [-0.2, -0.15) is 0 Å². The van der Waals surface area contributed by atoms with E-state index in [1.165, 1.54) is 12.1 Å². The van der Waals surface area contributed by atoms with Crippen LogP contribution in [-0.4, -0.2) is 4.98 Å². The summed E-state index contributed by atoms with van der Waals surface area (Å²) in [6, 6.07) is 10.2. The lowest BCUT2D eigenvalue weighted by Crippen LogP contribution is -2.14. The molecule has 20 heavy (non-hydrogen) atoms. The van der Waals surface area contributed by atoms with Gasteiger partial charge < -0.3 is 5.73 Å². The number of rotatable bonds is 2. The molecule has 0 saturated carbocycles. The zero-order valence-electron chi connectivity index (χ0n) is 10.6. The second kappa shape index (κ2) is 4.98. The van der Waals surface area contributed by atoms with Crippen molar-refractivity contribution in [1.82, 2.24) is 4.98 Å². The maximum Gasteiger partial charge on any atom is 0.131 e. The van der Waals surface area contributed by atoms with E-state index in [2.05, 4.69) is 4.98 Å². The molecule has 100 valence electrons. The van der Waals surface area contributed by atoms with Crippen LogP contribution in [0.4, 0.5) is 8.78 Å². The molecular formula is C16H12F2N2. The van der Waals surface area contributed by atoms with Gasteiger partial charge in [0.2, 0.25) is 0 Å². The van der Waals surface area contributed by atoms with Gasteiger partial charge in [0.05, 0.1) is 6.04 Å². The Labute approximate surface area is 114 Å². The van der Waals surface area contributed by atoms with Crippen LogP contribution in [0, 0.1) is 11.6 Å². The lowest BCUT2D eigenvalue weighted by atomic mass is 9.95. The third kappa shape index (κ3) is 2.14. The maximum atomic E-state index is 13.9. The maximum absolute atomic E-state index is 13.9. The molecule has 1 aromatic heterocycles. The summed E-state index contributed by atoms with van der Waals surface area (Å²) in [6.07, 6.45) is 3.39. The molecule has 0 bridgehead atoms. The summed E-state index contributed by atoms with van der Waals surface area (Å²) in [5.74, 6) is -1.25. The van der Waals surface area contributed by atoms with E-state index in [-0.39, 0.29) is 5.56 Å². The molecule has 0 fully saturated rings. The molecule has 1 heterocycles. The number of pyridine rings is 1. The van der Waals surface area contributed by atoms with Crippen LogP contribution in [0.3, 0.4) is 0 Å². The van der Waals surface area contributed by atoms with Crippen molar-refractivity contribution in [2.45, 2.75) is 6.04 Å². The molecule has 0 amide bonds. The molecule has 2 aromatic carbocycles. The minimum atomic E-state index is -0.651. The van der Waals surface area contributed by atoms with Crippen LogP contribution in [0.5, 0.6) is 0 Å². The van der Waals surface area contributed by atoms with E-state index in [1.807, 2.05) is 24.3 Å².